The molecule has 1 amide bonds. The molecule has 310 valence electrons. The lowest BCUT2D eigenvalue weighted by molar-refractivity contribution is -0.597. The van der Waals surface area contributed by atoms with Crippen LogP contribution in [0.5, 0.6) is 0 Å². The van der Waals surface area contributed by atoms with E-state index < -0.39 is 10.4 Å². The van der Waals surface area contributed by atoms with Crippen molar-refractivity contribution in [1.29, 1.82) is 0 Å². The van der Waals surface area contributed by atoms with Gasteiger partial charge in [0.1, 0.15) is 18.6 Å². The predicted molar refractivity (Wildman–Crippen MR) is 221 cm³/mol. The van der Waals surface area contributed by atoms with Gasteiger partial charge >= 0.3 is 0 Å². The molecule has 0 aromatic carbocycles. The third kappa shape index (κ3) is 30.2. The molecule has 0 aromatic rings. The van der Waals surface area contributed by atoms with Crippen LogP contribution in [0.1, 0.15) is 227 Å². The van der Waals surface area contributed by atoms with Gasteiger partial charge in [-0.1, -0.05) is 201 Å². The number of rotatable bonds is 36. The molecular weight excluding hydrogens is 671 g/mol. The van der Waals surface area contributed by atoms with Crippen LogP contribution in [0.25, 0.3) is 0 Å². The van der Waals surface area contributed by atoms with Gasteiger partial charge in [-0.25, -0.2) is 8.42 Å². The van der Waals surface area contributed by atoms with E-state index in [9.17, 15) is 17.8 Å². The third-order valence-electron chi connectivity index (χ3n) is 11.2. The third-order valence-corrected chi connectivity index (χ3v) is 11.6. The number of carbonyl (C=O) groups is 1. The van der Waals surface area contributed by atoms with Gasteiger partial charge in [0, 0.05) is 5.92 Å². The predicted octanol–water partition coefficient (Wildman–Crippen LogP) is 11.4. The molecule has 0 saturated heterocycles. The van der Waals surface area contributed by atoms with Crippen LogP contribution in [0, 0.1) is 5.92 Å². The summed E-state index contributed by atoms with van der Waals surface area (Å²) in [5, 5.41) is 6.85. The molecule has 1 heterocycles. The average Bonchev–Trinajstić information content (AvgIpc) is 3.69. The zero-order chi connectivity index (χ0) is 38.6. The standard InChI is InChI=1S/C42H83N3O.CH4O4S/c1-5-8-10-12-14-16-18-20-22-24-26-28-30-32-34-40(4)41(46)44-38-42(7-3,45-37-36-43-39-45)35-33-31-29-27-25-23-21-19-17-15-13-11-9-6-2;1-5-6(2,3)4/h39-40H,5-38H2,1-4H3,(H,44,46);1H3,(H,2,3,4). The van der Waals surface area contributed by atoms with Crippen LogP contribution in [0.2, 0.25) is 0 Å². The SMILES string of the molecule is CCCCCCCCCCCCCCCCC(C)C(=O)NCC(CC)(CCCCCCCCCCCCCCCC)[N+]1=CNCC1.COS(=O)(=O)[O-]. The largest absolute Gasteiger partial charge is 0.726 e. The fraction of sp³-hybridized carbons (Fsp3) is 0.953. The molecule has 0 aliphatic carbocycles. The Bertz CT molecular complexity index is 945. The summed E-state index contributed by atoms with van der Waals surface area (Å²) in [5.41, 5.74) is 0.0467. The molecule has 0 spiro atoms. The first kappa shape index (κ1) is 50.8. The van der Waals surface area contributed by atoms with Gasteiger partial charge in [0.15, 0.2) is 0 Å². The Balaban J connectivity index is 0.00000397. The molecule has 1 rings (SSSR count). The molecule has 9 heteroatoms. The normalized spacial score (nSPS) is 14.6. The second-order valence-electron chi connectivity index (χ2n) is 15.8. The molecule has 8 nitrogen and oxygen atoms in total. The van der Waals surface area contributed by atoms with Crippen molar-refractivity contribution in [3.8, 4) is 0 Å². The average molecular weight is 758 g/mol. The first-order chi connectivity index (χ1) is 25.2. The fourth-order valence-electron chi connectivity index (χ4n) is 7.49. The zero-order valence-electron chi connectivity index (χ0n) is 35.1. The Labute approximate surface area is 323 Å². The molecule has 0 bridgehead atoms. The van der Waals surface area contributed by atoms with Crippen LogP contribution in [-0.2, 0) is 19.4 Å². The molecule has 1 aliphatic rings. The molecule has 2 N–H and O–H groups in total. The van der Waals surface area contributed by atoms with Gasteiger partial charge in [0.2, 0.25) is 22.6 Å². The van der Waals surface area contributed by atoms with E-state index in [1.807, 2.05) is 0 Å². The topological polar surface area (TPSA) is 111 Å². The summed E-state index contributed by atoms with van der Waals surface area (Å²) in [6.45, 7) is 11.9. The molecule has 1 aliphatic heterocycles. The highest BCUT2D eigenvalue weighted by Gasteiger charge is 2.37. The molecule has 52 heavy (non-hydrogen) atoms. The van der Waals surface area contributed by atoms with Crippen LogP contribution in [0.15, 0.2) is 0 Å². The monoisotopic (exact) mass is 758 g/mol. The minimum Gasteiger partial charge on any atom is -0.726 e. The van der Waals surface area contributed by atoms with E-state index in [-0.39, 0.29) is 17.4 Å². The number of unbranched alkanes of at least 4 members (excludes halogenated alkanes) is 26. The highest BCUT2D eigenvalue weighted by molar-refractivity contribution is 7.80. The summed E-state index contributed by atoms with van der Waals surface area (Å²) in [6.07, 6.45) is 44.4. The number of amides is 1. The van der Waals surface area contributed by atoms with Gasteiger partial charge in [-0.05, 0) is 25.7 Å². The van der Waals surface area contributed by atoms with E-state index in [0.29, 0.717) is 0 Å². The van der Waals surface area contributed by atoms with Crippen LogP contribution < -0.4 is 10.6 Å². The molecule has 0 fully saturated rings. The summed E-state index contributed by atoms with van der Waals surface area (Å²) in [7, 11) is -3.60. The van der Waals surface area contributed by atoms with E-state index in [1.165, 1.54) is 186 Å². The van der Waals surface area contributed by atoms with Crippen molar-refractivity contribution < 1.29 is 26.5 Å². The van der Waals surface area contributed by atoms with Crippen molar-refractivity contribution in [1.82, 2.24) is 10.6 Å². The summed E-state index contributed by atoms with van der Waals surface area (Å²) < 4.78 is 33.5. The van der Waals surface area contributed by atoms with Gasteiger partial charge < -0.3 is 9.87 Å². The van der Waals surface area contributed by atoms with Crippen molar-refractivity contribution in [2.24, 2.45) is 5.92 Å². The minimum absolute atomic E-state index is 0.0467. The van der Waals surface area contributed by atoms with E-state index in [0.717, 1.165) is 39.6 Å². The van der Waals surface area contributed by atoms with E-state index >= 15 is 0 Å². The van der Waals surface area contributed by atoms with Crippen molar-refractivity contribution >= 4 is 22.6 Å². The van der Waals surface area contributed by atoms with E-state index in [2.05, 4.69) is 53.4 Å². The second kappa shape index (κ2) is 35.5. The number of nitrogens with zero attached hydrogens (tertiary/aromatic N) is 1. The van der Waals surface area contributed by atoms with Crippen molar-refractivity contribution in [3.63, 3.8) is 0 Å². The first-order valence-electron chi connectivity index (χ1n) is 22.3. The summed E-state index contributed by atoms with van der Waals surface area (Å²) in [5.74, 6) is 0.384. The first-order valence-corrected chi connectivity index (χ1v) is 23.6. The Hall–Kier alpha value is -1.19. The minimum atomic E-state index is -4.41. The summed E-state index contributed by atoms with van der Waals surface area (Å²) in [6, 6.07) is 0. The smallest absolute Gasteiger partial charge is 0.232 e. The maximum Gasteiger partial charge on any atom is 0.232 e. The number of hydrogen-bond donors (Lipinski definition) is 2. The maximum absolute atomic E-state index is 13.1. The molecule has 2 atom stereocenters. The van der Waals surface area contributed by atoms with E-state index in [1.54, 1.807) is 0 Å². The quantitative estimate of drug-likeness (QED) is 0.0285. The van der Waals surface area contributed by atoms with Gasteiger partial charge in [0.25, 0.3) is 0 Å². The van der Waals surface area contributed by atoms with Crippen LogP contribution >= 0.6 is 0 Å². The van der Waals surface area contributed by atoms with Crippen LogP contribution in [0.4, 0.5) is 0 Å². The zero-order valence-corrected chi connectivity index (χ0v) is 35.9. The molecule has 0 aromatic heterocycles. The Morgan fingerprint density at radius 2 is 1.08 bits per heavy atom. The maximum atomic E-state index is 13.1. The highest BCUT2D eigenvalue weighted by atomic mass is 32.3. The molecule has 0 radical (unpaired) electrons. The van der Waals surface area contributed by atoms with Crippen molar-refractivity contribution in [3.05, 3.63) is 0 Å². The lowest BCUT2D eigenvalue weighted by Crippen LogP contribution is -2.51. The van der Waals surface area contributed by atoms with Gasteiger partial charge in [0.05, 0.1) is 13.7 Å². The number of carbonyl (C=O) groups excluding carboxylic acids is 1. The lowest BCUT2D eigenvalue weighted by Gasteiger charge is -2.33. The summed E-state index contributed by atoms with van der Waals surface area (Å²) >= 11 is 0. The fourth-order valence-corrected chi connectivity index (χ4v) is 7.49. The van der Waals surface area contributed by atoms with Gasteiger partial charge in [-0.2, -0.15) is 0 Å². The van der Waals surface area contributed by atoms with Gasteiger partial charge in [-0.3, -0.25) is 18.9 Å². The summed E-state index contributed by atoms with van der Waals surface area (Å²) in [4.78, 5) is 13.1. The highest BCUT2D eigenvalue weighted by Crippen LogP contribution is 2.25. The Morgan fingerprint density at radius 1 is 0.712 bits per heavy atom. The molecule has 2 unspecified atom stereocenters. The Morgan fingerprint density at radius 3 is 1.40 bits per heavy atom. The van der Waals surface area contributed by atoms with Gasteiger partial charge in [-0.15, -0.1) is 0 Å². The van der Waals surface area contributed by atoms with Crippen LogP contribution in [0.3, 0.4) is 0 Å². The van der Waals surface area contributed by atoms with E-state index in [4.69, 9.17) is 0 Å². The lowest BCUT2D eigenvalue weighted by atomic mass is 9.87. The number of hydrogen-bond acceptors (Lipinski definition) is 6. The second-order valence-corrected chi connectivity index (χ2v) is 16.9. The van der Waals surface area contributed by atoms with Crippen molar-refractivity contribution in [2.45, 2.75) is 232 Å². The Kier molecular flexibility index (Phi) is 34.7. The molecular formula is C43H87N3O5S. The van der Waals surface area contributed by atoms with Crippen LogP contribution in [-0.4, -0.2) is 62.1 Å². The van der Waals surface area contributed by atoms with Crippen molar-refractivity contribution in [2.75, 3.05) is 26.7 Å². The number of nitrogens with one attached hydrogen (secondary N) is 2. The molecule has 0 saturated carbocycles.